The van der Waals surface area contributed by atoms with Crippen molar-refractivity contribution in [2.45, 2.75) is 20.3 Å². The van der Waals surface area contributed by atoms with Gasteiger partial charge in [-0.05, 0) is 37.1 Å². The summed E-state index contributed by atoms with van der Waals surface area (Å²) >= 11 is 0. The molecule has 0 atom stereocenters. The molecule has 1 amide bonds. The van der Waals surface area contributed by atoms with Gasteiger partial charge in [0.2, 0.25) is 0 Å². The fraction of sp³-hybridized carbons (Fsp3) is 0.235. The van der Waals surface area contributed by atoms with Gasteiger partial charge in [0.05, 0.1) is 5.56 Å². The third-order valence-corrected chi connectivity index (χ3v) is 3.20. The van der Waals surface area contributed by atoms with Crippen LogP contribution in [0, 0.1) is 6.92 Å². The number of aromatic hydroxyl groups is 1. The lowest BCUT2D eigenvalue weighted by molar-refractivity contribution is 0.102. The van der Waals surface area contributed by atoms with Crippen molar-refractivity contribution in [1.29, 1.82) is 0 Å². The number of hydrogen-bond acceptors (Lipinski definition) is 3. The van der Waals surface area contributed by atoms with E-state index >= 15 is 0 Å². The fourth-order valence-corrected chi connectivity index (χ4v) is 1.98. The van der Waals surface area contributed by atoms with Crippen molar-refractivity contribution in [3.05, 3.63) is 53.6 Å². The van der Waals surface area contributed by atoms with Crippen molar-refractivity contribution in [2.24, 2.45) is 0 Å². The van der Waals surface area contributed by atoms with E-state index in [4.69, 9.17) is 0 Å². The van der Waals surface area contributed by atoms with Crippen molar-refractivity contribution in [2.75, 3.05) is 17.2 Å². The number of benzene rings is 2. The summed E-state index contributed by atoms with van der Waals surface area (Å²) in [5.74, 6) is -0.0253. The number of hydrogen-bond donors (Lipinski definition) is 3. The summed E-state index contributed by atoms with van der Waals surface area (Å²) in [6.07, 6.45) is 0.988. The Hall–Kier alpha value is -2.49. The van der Waals surface area contributed by atoms with Crippen LogP contribution in [-0.4, -0.2) is 17.6 Å². The lowest BCUT2D eigenvalue weighted by Gasteiger charge is -2.12. The second kappa shape index (κ2) is 6.79. The zero-order valence-corrected chi connectivity index (χ0v) is 12.3. The molecule has 4 heteroatoms. The summed E-state index contributed by atoms with van der Waals surface area (Å²) in [6.45, 7) is 4.70. The van der Waals surface area contributed by atoms with Gasteiger partial charge in [0.1, 0.15) is 5.75 Å². The molecule has 2 aromatic rings. The van der Waals surface area contributed by atoms with Gasteiger partial charge < -0.3 is 15.7 Å². The number of carbonyl (C=O) groups is 1. The molecule has 0 saturated heterocycles. The summed E-state index contributed by atoms with van der Waals surface area (Å²) in [5.41, 5.74) is 2.76. The summed E-state index contributed by atoms with van der Waals surface area (Å²) < 4.78 is 0. The maximum atomic E-state index is 12.4. The molecule has 0 bridgehead atoms. The van der Waals surface area contributed by atoms with Crippen LogP contribution in [0.15, 0.2) is 42.5 Å². The molecular weight excluding hydrogens is 264 g/mol. The minimum absolute atomic E-state index is 0.171. The first-order valence-corrected chi connectivity index (χ1v) is 7.05. The van der Waals surface area contributed by atoms with Crippen LogP contribution >= 0.6 is 0 Å². The Morgan fingerprint density at radius 1 is 1.19 bits per heavy atom. The monoisotopic (exact) mass is 284 g/mol. The average molecular weight is 284 g/mol. The third-order valence-electron chi connectivity index (χ3n) is 3.20. The number of carbonyl (C=O) groups excluding carboxylic acids is 1. The lowest BCUT2D eigenvalue weighted by atomic mass is 10.1. The van der Waals surface area contributed by atoms with E-state index in [1.165, 1.54) is 0 Å². The number of phenols is 1. The molecule has 2 aromatic carbocycles. The molecule has 110 valence electrons. The van der Waals surface area contributed by atoms with E-state index in [1.807, 2.05) is 25.1 Å². The Kier molecular flexibility index (Phi) is 4.82. The smallest absolute Gasteiger partial charge is 0.257 e. The predicted molar refractivity (Wildman–Crippen MR) is 86.0 cm³/mol. The maximum Gasteiger partial charge on any atom is 0.257 e. The molecule has 0 unspecified atom stereocenters. The summed E-state index contributed by atoms with van der Waals surface area (Å²) in [4.78, 5) is 12.4. The Morgan fingerprint density at radius 2 is 1.95 bits per heavy atom. The van der Waals surface area contributed by atoms with Crippen molar-refractivity contribution in [3.63, 3.8) is 0 Å². The molecule has 2 rings (SSSR count). The molecule has 0 heterocycles. The number of phenolic OH excluding ortho intramolecular Hbond substituents is 1. The Balaban J connectivity index is 2.18. The van der Waals surface area contributed by atoms with Crippen LogP contribution in [0.2, 0.25) is 0 Å². The number of rotatable bonds is 5. The molecular formula is C17H20N2O2. The van der Waals surface area contributed by atoms with E-state index in [1.54, 1.807) is 24.3 Å². The average Bonchev–Trinajstić information content (AvgIpc) is 2.49. The summed E-state index contributed by atoms with van der Waals surface area (Å²) in [7, 11) is 0. The Morgan fingerprint density at radius 3 is 2.67 bits per heavy atom. The highest BCUT2D eigenvalue weighted by Crippen LogP contribution is 2.22. The Labute approximate surface area is 124 Å². The molecule has 3 N–H and O–H groups in total. The van der Waals surface area contributed by atoms with E-state index in [-0.39, 0.29) is 11.7 Å². The predicted octanol–water partition coefficient (Wildman–Crippen LogP) is 3.77. The molecule has 21 heavy (non-hydrogen) atoms. The molecule has 0 fully saturated rings. The van der Waals surface area contributed by atoms with Gasteiger partial charge >= 0.3 is 0 Å². The number of amides is 1. The van der Waals surface area contributed by atoms with Gasteiger partial charge in [0.25, 0.3) is 5.91 Å². The first-order valence-electron chi connectivity index (χ1n) is 7.05. The molecule has 0 aliphatic carbocycles. The summed E-state index contributed by atoms with van der Waals surface area (Å²) in [6, 6.07) is 12.5. The van der Waals surface area contributed by atoms with Crippen molar-refractivity contribution in [3.8, 4) is 5.75 Å². The van der Waals surface area contributed by atoms with Crippen molar-refractivity contribution >= 4 is 17.3 Å². The normalized spacial score (nSPS) is 10.2. The Bertz CT molecular complexity index is 638. The largest absolute Gasteiger partial charge is 0.508 e. The number of anilines is 2. The molecule has 0 spiro atoms. The highest BCUT2D eigenvalue weighted by molar-refractivity contribution is 6.08. The van der Waals surface area contributed by atoms with Crippen LogP contribution in [0.1, 0.15) is 29.3 Å². The first kappa shape index (κ1) is 14.9. The molecule has 0 aliphatic heterocycles. The minimum atomic E-state index is -0.197. The van der Waals surface area contributed by atoms with Gasteiger partial charge in [-0.2, -0.15) is 0 Å². The first-order chi connectivity index (χ1) is 10.1. The van der Waals surface area contributed by atoms with E-state index in [9.17, 15) is 9.90 Å². The van der Waals surface area contributed by atoms with Gasteiger partial charge in [0, 0.05) is 24.0 Å². The van der Waals surface area contributed by atoms with Gasteiger partial charge in [0.15, 0.2) is 0 Å². The maximum absolute atomic E-state index is 12.4. The summed E-state index contributed by atoms with van der Waals surface area (Å²) in [5, 5.41) is 15.7. The SMILES string of the molecule is CCCNc1ccccc1C(=O)Nc1ccc(C)c(O)c1. The quantitative estimate of drug-likeness (QED) is 0.783. The van der Waals surface area contributed by atoms with E-state index in [0.717, 1.165) is 24.2 Å². The van der Waals surface area contributed by atoms with Gasteiger partial charge in [-0.15, -0.1) is 0 Å². The topological polar surface area (TPSA) is 61.4 Å². The van der Waals surface area contributed by atoms with Crippen LogP contribution in [0.4, 0.5) is 11.4 Å². The van der Waals surface area contributed by atoms with Crippen LogP contribution in [0.5, 0.6) is 5.75 Å². The van der Waals surface area contributed by atoms with Crippen LogP contribution in [-0.2, 0) is 0 Å². The highest BCUT2D eigenvalue weighted by Gasteiger charge is 2.11. The van der Waals surface area contributed by atoms with Crippen molar-refractivity contribution < 1.29 is 9.90 Å². The zero-order chi connectivity index (χ0) is 15.2. The molecule has 0 radical (unpaired) electrons. The molecule has 0 aromatic heterocycles. The van der Waals surface area contributed by atoms with Crippen molar-refractivity contribution in [1.82, 2.24) is 0 Å². The third kappa shape index (κ3) is 3.75. The van der Waals surface area contributed by atoms with Crippen LogP contribution in [0.3, 0.4) is 0 Å². The van der Waals surface area contributed by atoms with Gasteiger partial charge in [-0.1, -0.05) is 25.1 Å². The second-order valence-electron chi connectivity index (χ2n) is 4.93. The molecule has 4 nitrogen and oxygen atoms in total. The highest BCUT2D eigenvalue weighted by atomic mass is 16.3. The molecule has 0 aliphatic rings. The lowest BCUT2D eigenvalue weighted by Crippen LogP contribution is -2.15. The second-order valence-corrected chi connectivity index (χ2v) is 4.93. The number of aryl methyl sites for hydroxylation is 1. The minimum Gasteiger partial charge on any atom is -0.508 e. The van der Waals surface area contributed by atoms with E-state index in [0.29, 0.717) is 11.3 Å². The van der Waals surface area contributed by atoms with Crippen LogP contribution < -0.4 is 10.6 Å². The van der Waals surface area contributed by atoms with Gasteiger partial charge in [-0.3, -0.25) is 4.79 Å². The van der Waals surface area contributed by atoms with Crippen LogP contribution in [0.25, 0.3) is 0 Å². The van der Waals surface area contributed by atoms with E-state index < -0.39 is 0 Å². The number of nitrogens with one attached hydrogen (secondary N) is 2. The fourth-order valence-electron chi connectivity index (χ4n) is 1.98. The van der Waals surface area contributed by atoms with E-state index in [2.05, 4.69) is 17.6 Å². The standard InChI is InChI=1S/C17H20N2O2/c1-3-10-18-15-7-5-4-6-14(15)17(21)19-13-9-8-12(2)16(20)11-13/h4-9,11,18,20H,3,10H2,1-2H3,(H,19,21). The zero-order valence-electron chi connectivity index (χ0n) is 12.3. The molecule has 0 saturated carbocycles. The number of para-hydroxylation sites is 1. The van der Waals surface area contributed by atoms with Gasteiger partial charge in [-0.25, -0.2) is 0 Å².